The second-order valence-electron chi connectivity index (χ2n) is 5.93. The highest BCUT2D eigenvalue weighted by Crippen LogP contribution is 2.32. The number of hydrogen-bond acceptors (Lipinski definition) is 3. The van der Waals surface area contributed by atoms with Crippen molar-refractivity contribution in [2.75, 3.05) is 5.73 Å². The van der Waals surface area contributed by atoms with Gasteiger partial charge in [0.2, 0.25) is 10.0 Å². The van der Waals surface area contributed by atoms with Gasteiger partial charge < -0.3 is 5.73 Å². The van der Waals surface area contributed by atoms with Gasteiger partial charge >= 0.3 is 0 Å². The van der Waals surface area contributed by atoms with Crippen molar-refractivity contribution in [3.63, 3.8) is 0 Å². The molecule has 7 heteroatoms. The molecule has 0 bridgehead atoms. The van der Waals surface area contributed by atoms with Gasteiger partial charge in [-0.3, -0.25) is 0 Å². The molecule has 1 atom stereocenters. The molecular formula is C17H20Cl2N2O2S. The van der Waals surface area contributed by atoms with Crippen molar-refractivity contribution in [3.8, 4) is 0 Å². The molecule has 3 N–H and O–H groups in total. The van der Waals surface area contributed by atoms with Crippen molar-refractivity contribution in [1.82, 2.24) is 4.72 Å². The standard InChI is InChI=1S/C17H19ClN2O2S.ClH/c1-11-5-6-13(18)10-17(11)23(21,22)20-16-4-2-3-12-9-14(19)7-8-15(12)16;/h5-10,16,20H,2-4,19H2,1H3;1H. The van der Waals surface area contributed by atoms with E-state index < -0.39 is 10.0 Å². The van der Waals surface area contributed by atoms with Gasteiger partial charge in [0, 0.05) is 16.8 Å². The molecule has 3 rings (SSSR count). The zero-order chi connectivity index (χ0) is 16.6. The highest BCUT2D eigenvalue weighted by atomic mass is 35.5. The Labute approximate surface area is 153 Å². The minimum Gasteiger partial charge on any atom is -0.399 e. The summed E-state index contributed by atoms with van der Waals surface area (Å²) in [4.78, 5) is 0.229. The smallest absolute Gasteiger partial charge is 0.241 e. The van der Waals surface area contributed by atoms with E-state index in [1.807, 2.05) is 18.2 Å². The second-order valence-corrected chi connectivity index (χ2v) is 8.05. The summed E-state index contributed by atoms with van der Waals surface area (Å²) in [6, 6.07) is 10.3. The van der Waals surface area contributed by atoms with Gasteiger partial charge in [-0.2, -0.15) is 0 Å². The number of rotatable bonds is 3. The zero-order valence-corrected chi connectivity index (χ0v) is 15.6. The molecule has 2 aromatic carbocycles. The van der Waals surface area contributed by atoms with Gasteiger partial charge in [-0.25, -0.2) is 13.1 Å². The van der Waals surface area contributed by atoms with Crippen molar-refractivity contribution in [3.05, 3.63) is 58.1 Å². The van der Waals surface area contributed by atoms with E-state index in [2.05, 4.69) is 4.72 Å². The summed E-state index contributed by atoms with van der Waals surface area (Å²) in [6.45, 7) is 1.76. The van der Waals surface area contributed by atoms with E-state index in [-0.39, 0.29) is 23.3 Å². The van der Waals surface area contributed by atoms with Crippen LogP contribution in [0.3, 0.4) is 0 Å². The van der Waals surface area contributed by atoms with E-state index in [1.54, 1.807) is 19.1 Å². The number of benzene rings is 2. The number of nitrogens with two attached hydrogens (primary N) is 1. The maximum absolute atomic E-state index is 12.8. The summed E-state index contributed by atoms with van der Waals surface area (Å²) >= 11 is 5.96. The second kappa shape index (κ2) is 7.31. The molecule has 0 fully saturated rings. The molecule has 1 aliphatic carbocycles. The molecule has 0 saturated heterocycles. The van der Waals surface area contributed by atoms with Crippen LogP contribution in [0.1, 0.15) is 35.6 Å². The Kier molecular flexibility index (Phi) is 5.81. The molecule has 0 amide bonds. The lowest BCUT2D eigenvalue weighted by atomic mass is 9.88. The van der Waals surface area contributed by atoms with Crippen LogP contribution < -0.4 is 10.5 Å². The van der Waals surface area contributed by atoms with E-state index in [1.165, 1.54) is 6.07 Å². The Morgan fingerprint density at radius 3 is 2.71 bits per heavy atom. The number of sulfonamides is 1. The van der Waals surface area contributed by atoms with Crippen molar-refractivity contribution in [1.29, 1.82) is 0 Å². The SMILES string of the molecule is Cc1ccc(Cl)cc1S(=O)(=O)NC1CCCc2cc(N)ccc21.Cl. The summed E-state index contributed by atoms with van der Waals surface area (Å²) in [5.74, 6) is 0. The third-order valence-corrected chi connectivity index (χ3v) is 6.07. The molecule has 0 aromatic heterocycles. The summed E-state index contributed by atoms with van der Waals surface area (Å²) in [7, 11) is -3.63. The highest BCUT2D eigenvalue weighted by molar-refractivity contribution is 7.89. The maximum atomic E-state index is 12.8. The number of anilines is 1. The fourth-order valence-electron chi connectivity index (χ4n) is 3.07. The first-order valence-corrected chi connectivity index (χ1v) is 9.40. The predicted molar refractivity (Wildman–Crippen MR) is 100 cm³/mol. The average Bonchev–Trinajstić information content (AvgIpc) is 2.49. The lowest BCUT2D eigenvalue weighted by Crippen LogP contribution is -2.31. The van der Waals surface area contributed by atoms with Crippen LogP contribution in [-0.4, -0.2) is 8.42 Å². The molecule has 0 saturated carbocycles. The first kappa shape index (κ1) is 19.1. The Bertz CT molecular complexity index is 854. The summed E-state index contributed by atoms with van der Waals surface area (Å²) in [5, 5.41) is 0.410. The molecule has 4 nitrogen and oxygen atoms in total. The molecule has 1 aliphatic rings. The third-order valence-electron chi connectivity index (χ3n) is 4.22. The Morgan fingerprint density at radius 1 is 1.21 bits per heavy atom. The molecular weight excluding hydrogens is 367 g/mol. The van der Waals surface area contributed by atoms with Crippen LogP contribution in [0.5, 0.6) is 0 Å². The maximum Gasteiger partial charge on any atom is 0.241 e. The molecule has 0 radical (unpaired) electrons. The Balaban J connectivity index is 0.00000208. The van der Waals surface area contributed by atoms with E-state index in [4.69, 9.17) is 17.3 Å². The molecule has 2 aromatic rings. The molecule has 0 heterocycles. The van der Waals surface area contributed by atoms with Crippen LogP contribution in [0, 0.1) is 6.92 Å². The van der Waals surface area contributed by atoms with Crippen molar-refractivity contribution >= 4 is 39.7 Å². The van der Waals surface area contributed by atoms with E-state index in [0.717, 1.165) is 30.4 Å². The number of nitrogen functional groups attached to an aromatic ring is 1. The van der Waals surface area contributed by atoms with E-state index in [9.17, 15) is 8.42 Å². The summed E-state index contributed by atoms with van der Waals surface area (Å²) in [5.41, 5.74) is 9.34. The Morgan fingerprint density at radius 2 is 1.96 bits per heavy atom. The number of fused-ring (bicyclic) bond motifs is 1. The quantitative estimate of drug-likeness (QED) is 0.782. The van der Waals surface area contributed by atoms with Crippen molar-refractivity contribution in [2.24, 2.45) is 0 Å². The largest absolute Gasteiger partial charge is 0.399 e. The van der Waals surface area contributed by atoms with Crippen LogP contribution in [0.2, 0.25) is 5.02 Å². The van der Waals surface area contributed by atoms with Crippen LogP contribution >= 0.6 is 24.0 Å². The van der Waals surface area contributed by atoms with Crippen LogP contribution in [0.15, 0.2) is 41.3 Å². The van der Waals surface area contributed by atoms with Crippen LogP contribution in [0.25, 0.3) is 0 Å². The molecule has 130 valence electrons. The molecule has 0 spiro atoms. The third kappa shape index (κ3) is 3.86. The average molecular weight is 387 g/mol. The fourth-order valence-corrected chi connectivity index (χ4v) is 4.83. The fraction of sp³-hybridized carbons (Fsp3) is 0.294. The minimum atomic E-state index is -3.63. The summed E-state index contributed by atoms with van der Waals surface area (Å²) in [6.07, 6.45) is 2.63. The minimum absolute atomic E-state index is 0. The molecule has 0 aliphatic heterocycles. The van der Waals surface area contributed by atoms with Crippen molar-refractivity contribution < 1.29 is 8.42 Å². The number of nitrogens with one attached hydrogen (secondary N) is 1. The molecule has 1 unspecified atom stereocenters. The van der Waals surface area contributed by atoms with Gasteiger partial charge in [-0.05, 0) is 67.1 Å². The molecule has 24 heavy (non-hydrogen) atoms. The lowest BCUT2D eigenvalue weighted by Gasteiger charge is -2.26. The number of aryl methyl sites for hydroxylation is 2. The van der Waals surface area contributed by atoms with Gasteiger partial charge in [0.25, 0.3) is 0 Å². The first-order chi connectivity index (χ1) is 10.9. The van der Waals surface area contributed by atoms with E-state index >= 15 is 0 Å². The van der Waals surface area contributed by atoms with Crippen LogP contribution in [0.4, 0.5) is 5.69 Å². The predicted octanol–water partition coefficient (Wildman–Crippen LogP) is 4.01. The highest BCUT2D eigenvalue weighted by Gasteiger charge is 2.26. The normalized spacial score (nSPS) is 17.0. The van der Waals surface area contributed by atoms with E-state index in [0.29, 0.717) is 16.3 Å². The van der Waals surface area contributed by atoms with Crippen molar-refractivity contribution in [2.45, 2.75) is 37.1 Å². The van der Waals surface area contributed by atoms with Gasteiger partial charge in [0.15, 0.2) is 0 Å². The van der Waals surface area contributed by atoms with Gasteiger partial charge in [0.05, 0.1) is 4.90 Å². The van der Waals surface area contributed by atoms with Gasteiger partial charge in [-0.1, -0.05) is 23.7 Å². The van der Waals surface area contributed by atoms with Gasteiger partial charge in [-0.15, -0.1) is 12.4 Å². The lowest BCUT2D eigenvalue weighted by molar-refractivity contribution is 0.507. The summed E-state index contributed by atoms with van der Waals surface area (Å²) < 4.78 is 28.3. The monoisotopic (exact) mass is 386 g/mol. The zero-order valence-electron chi connectivity index (χ0n) is 13.3. The van der Waals surface area contributed by atoms with Gasteiger partial charge in [0.1, 0.15) is 0 Å². The number of hydrogen-bond donors (Lipinski definition) is 2. The number of halogens is 2. The first-order valence-electron chi connectivity index (χ1n) is 7.53. The Hall–Kier alpha value is -1.27. The van der Waals surface area contributed by atoms with Crippen LogP contribution in [-0.2, 0) is 16.4 Å². The topological polar surface area (TPSA) is 72.2 Å².